The lowest BCUT2D eigenvalue weighted by atomic mass is 10.1. The van der Waals surface area contributed by atoms with Crippen LogP contribution < -0.4 is 10.1 Å². The third-order valence-electron chi connectivity index (χ3n) is 3.04. The monoisotopic (exact) mass is 305 g/mol. The van der Waals surface area contributed by atoms with Crippen LogP contribution in [-0.2, 0) is 11.3 Å². The van der Waals surface area contributed by atoms with Gasteiger partial charge in [-0.25, -0.2) is 0 Å². The first-order valence-corrected chi connectivity index (χ1v) is 6.82. The molecule has 0 aliphatic heterocycles. The van der Waals surface area contributed by atoms with Gasteiger partial charge in [-0.15, -0.1) is 0 Å². The predicted octanol–water partition coefficient (Wildman–Crippen LogP) is 2.70. The highest BCUT2D eigenvalue weighted by molar-refractivity contribution is 6.30. The molecule has 0 heterocycles. The van der Waals surface area contributed by atoms with Gasteiger partial charge in [-0.2, -0.15) is 0 Å². The van der Waals surface area contributed by atoms with Crippen LogP contribution in [0.4, 0.5) is 0 Å². The second-order valence-corrected chi connectivity index (χ2v) is 4.96. The molecule has 2 N–H and O–H groups in total. The Hall–Kier alpha value is -2.04. The number of halogens is 1. The Morgan fingerprint density at radius 2 is 2.00 bits per heavy atom. The van der Waals surface area contributed by atoms with Gasteiger partial charge in [0.25, 0.3) is 5.91 Å². The molecule has 0 saturated carbocycles. The van der Waals surface area contributed by atoms with E-state index in [1.807, 2.05) is 12.1 Å². The van der Waals surface area contributed by atoms with Crippen LogP contribution >= 0.6 is 11.6 Å². The molecule has 0 bridgehead atoms. The van der Waals surface area contributed by atoms with Gasteiger partial charge < -0.3 is 15.2 Å². The standard InChI is InChI=1S/C16H16ClNO3/c1-21-14-4-2-3-12(9-14)15(19)16(20)18-10-11-5-7-13(17)8-6-11/h2-9,15,19H,10H2,1H3,(H,18,20). The van der Waals surface area contributed by atoms with E-state index in [9.17, 15) is 9.90 Å². The Morgan fingerprint density at radius 1 is 1.29 bits per heavy atom. The van der Waals surface area contributed by atoms with E-state index in [2.05, 4.69) is 5.32 Å². The maximum Gasteiger partial charge on any atom is 0.253 e. The molecule has 21 heavy (non-hydrogen) atoms. The zero-order valence-corrected chi connectivity index (χ0v) is 12.3. The van der Waals surface area contributed by atoms with Crippen LogP contribution in [0.15, 0.2) is 48.5 Å². The van der Waals surface area contributed by atoms with Crippen LogP contribution in [-0.4, -0.2) is 18.1 Å². The Morgan fingerprint density at radius 3 is 2.67 bits per heavy atom. The van der Waals surface area contributed by atoms with Crippen molar-refractivity contribution in [3.63, 3.8) is 0 Å². The third kappa shape index (κ3) is 4.21. The van der Waals surface area contributed by atoms with Crippen molar-refractivity contribution in [2.24, 2.45) is 0 Å². The van der Waals surface area contributed by atoms with Gasteiger partial charge in [0.15, 0.2) is 6.10 Å². The Bertz CT molecular complexity index is 613. The first kappa shape index (κ1) is 15.4. The molecular weight excluding hydrogens is 290 g/mol. The molecule has 4 nitrogen and oxygen atoms in total. The molecule has 2 aromatic carbocycles. The topological polar surface area (TPSA) is 58.6 Å². The van der Waals surface area contributed by atoms with Gasteiger partial charge >= 0.3 is 0 Å². The maximum atomic E-state index is 12.0. The van der Waals surface area contributed by atoms with Crippen molar-refractivity contribution in [3.8, 4) is 5.75 Å². The molecule has 2 aromatic rings. The fraction of sp³-hybridized carbons (Fsp3) is 0.188. The highest BCUT2D eigenvalue weighted by Gasteiger charge is 2.17. The summed E-state index contributed by atoms with van der Waals surface area (Å²) < 4.78 is 5.07. The first-order chi connectivity index (χ1) is 10.1. The number of rotatable bonds is 5. The van der Waals surface area contributed by atoms with Crippen LogP contribution in [0.1, 0.15) is 17.2 Å². The van der Waals surface area contributed by atoms with Gasteiger partial charge in [0.05, 0.1) is 7.11 Å². The summed E-state index contributed by atoms with van der Waals surface area (Å²) in [6, 6.07) is 13.9. The highest BCUT2D eigenvalue weighted by atomic mass is 35.5. The summed E-state index contributed by atoms with van der Waals surface area (Å²) >= 11 is 5.79. The number of hydrogen-bond donors (Lipinski definition) is 2. The van der Waals surface area contributed by atoms with E-state index in [0.717, 1.165) is 5.56 Å². The molecule has 0 saturated heterocycles. The number of methoxy groups -OCH3 is 1. The summed E-state index contributed by atoms with van der Waals surface area (Å²) in [5.74, 6) is 0.134. The Kier molecular flexibility index (Phi) is 5.20. The lowest BCUT2D eigenvalue weighted by Gasteiger charge is -2.12. The molecule has 0 aliphatic rings. The number of carbonyl (C=O) groups excluding carboxylic acids is 1. The fourth-order valence-corrected chi connectivity index (χ4v) is 1.98. The minimum Gasteiger partial charge on any atom is -0.497 e. The predicted molar refractivity (Wildman–Crippen MR) is 81.3 cm³/mol. The number of nitrogens with one attached hydrogen (secondary N) is 1. The van der Waals surface area contributed by atoms with Crippen molar-refractivity contribution in [1.82, 2.24) is 5.32 Å². The third-order valence-corrected chi connectivity index (χ3v) is 3.29. The highest BCUT2D eigenvalue weighted by Crippen LogP contribution is 2.19. The number of aliphatic hydroxyl groups excluding tert-OH is 1. The second kappa shape index (κ2) is 7.11. The number of aliphatic hydroxyl groups is 1. The summed E-state index contributed by atoms with van der Waals surface area (Å²) in [4.78, 5) is 12.0. The number of ether oxygens (including phenoxy) is 1. The van der Waals surface area contributed by atoms with Gasteiger partial charge in [0.1, 0.15) is 5.75 Å². The molecular formula is C16H16ClNO3. The van der Waals surface area contributed by atoms with E-state index in [1.54, 1.807) is 36.4 Å². The number of hydrogen-bond acceptors (Lipinski definition) is 3. The smallest absolute Gasteiger partial charge is 0.253 e. The summed E-state index contributed by atoms with van der Waals surface area (Å²) in [7, 11) is 1.53. The largest absolute Gasteiger partial charge is 0.497 e. The molecule has 0 aliphatic carbocycles. The summed E-state index contributed by atoms with van der Waals surface area (Å²) in [6.45, 7) is 0.330. The summed E-state index contributed by atoms with van der Waals surface area (Å²) in [5.41, 5.74) is 1.40. The van der Waals surface area contributed by atoms with E-state index in [1.165, 1.54) is 7.11 Å². The van der Waals surface area contributed by atoms with Crippen molar-refractivity contribution in [1.29, 1.82) is 0 Å². The van der Waals surface area contributed by atoms with Gasteiger partial charge in [0.2, 0.25) is 0 Å². The summed E-state index contributed by atoms with van der Waals surface area (Å²) in [5, 5.41) is 13.4. The average molecular weight is 306 g/mol. The van der Waals surface area contributed by atoms with Gasteiger partial charge in [0, 0.05) is 11.6 Å². The molecule has 0 spiro atoms. The number of amides is 1. The van der Waals surface area contributed by atoms with Gasteiger partial charge in [-0.3, -0.25) is 4.79 Å². The first-order valence-electron chi connectivity index (χ1n) is 6.44. The minimum absolute atomic E-state index is 0.330. The lowest BCUT2D eigenvalue weighted by molar-refractivity contribution is -0.129. The zero-order valence-electron chi connectivity index (χ0n) is 11.5. The SMILES string of the molecule is COc1cccc(C(O)C(=O)NCc2ccc(Cl)cc2)c1. The molecule has 0 radical (unpaired) electrons. The average Bonchev–Trinajstić information content (AvgIpc) is 2.53. The maximum absolute atomic E-state index is 12.0. The van der Waals surface area contributed by atoms with Crippen molar-refractivity contribution >= 4 is 17.5 Å². The van der Waals surface area contributed by atoms with Crippen LogP contribution in [0.25, 0.3) is 0 Å². The molecule has 5 heteroatoms. The van der Waals surface area contributed by atoms with Gasteiger partial charge in [-0.1, -0.05) is 35.9 Å². The Balaban J connectivity index is 1.97. The summed E-state index contributed by atoms with van der Waals surface area (Å²) in [6.07, 6.45) is -1.23. The fourth-order valence-electron chi connectivity index (χ4n) is 1.85. The zero-order chi connectivity index (χ0) is 15.2. The number of carbonyl (C=O) groups is 1. The van der Waals surface area contributed by atoms with Gasteiger partial charge in [-0.05, 0) is 35.4 Å². The van der Waals surface area contributed by atoms with Crippen molar-refractivity contribution < 1.29 is 14.6 Å². The molecule has 0 aromatic heterocycles. The molecule has 1 atom stereocenters. The Labute approximate surface area is 128 Å². The molecule has 2 rings (SSSR count). The van der Waals surface area contributed by atoms with Crippen LogP contribution in [0, 0.1) is 0 Å². The van der Waals surface area contributed by atoms with Crippen molar-refractivity contribution in [2.45, 2.75) is 12.6 Å². The van der Waals surface area contributed by atoms with E-state index in [0.29, 0.717) is 22.9 Å². The molecule has 1 amide bonds. The van der Waals surface area contributed by atoms with Crippen LogP contribution in [0.5, 0.6) is 5.75 Å². The quantitative estimate of drug-likeness (QED) is 0.893. The second-order valence-electron chi connectivity index (χ2n) is 4.52. The molecule has 1 unspecified atom stereocenters. The number of benzene rings is 2. The van der Waals surface area contributed by atoms with E-state index in [-0.39, 0.29) is 0 Å². The van der Waals surface area contributed by atoms with E-state index < -0.39 is 12.0 Å². The van der Waals surface area contributed by atoms with E-state index in [4.69, 9.17) is 16.3 Å². The van der Waals surface area contributed by atoms with E-state index >= 15 is 0 Å². The minimum atomic E-state index is -1.23. The van der Waals surface area contributed by atoms with Crippen LogP contribution in [0.2, 0.25) is 5.02 Å². The van der Waals surface area contributed by atoms with Crippen molar-refractivity contribution in [2.75, 3.05) is 7.11 Å². The molecule has 0 fully saturated rings. The van der Waals surface area contributed by atoms with Crippen LogP contribution in [0.3, 0.4) is 0 Å². The normalized spacial score (nSPS) is 11.8. The lowest BCUT2D eigenvalue weighted by Crippen LogP contribution is -2.28. The molecule has 110 valence electrons. The van der Waals surface area contributed by atoms with Crippen molar-refractivity contribution in [3.05, 3.63) is 64.7 Å².